The van der Waals surface area contributed by atoms with Gasteiger partial charge in [-0.05, 0) is 19.9 Å². The van der Waals surface area contributed by atoms with Crippen LogP contribution in [0.15, 0.2) is 24.7 Å². The van der Waals surface area contributed by atoms with Crippen LogP contribution in [0, 0.1) is 24.0 Å². The molecule has 0 amide bonds. The van der Waals surface area contributed by atoms with Crippen LogP contribution in [0.4, 0.5) is 5.69 Å². The van der Waals surface area contributed by atoms with E-state index >= 15 is 0 Å². The molecule has 0 saturated carbocycles. The molecule has 6 heteroatoms. The average molecular weight is 218 g/mol. The molecule has 0 unspecified atom stereocenters. The van der Waals surface area contributed by atoms with E-state index in [0.717, 1.165) is 0 Å². The summed E-state index contributed by atoms with van der Waals surface area (Å²) in [5.41, 5.74) is 0.603. The monoisotopic (exact) mass is 218 g/mol. The zero-order valence-corrected chi connectivity index (χ0v) is 8.91. The van der Waals surface area contributed by atoms with Crippen molar-refractivity contribution < 1.29 is 4.92 Å². The number of hydrogen-bond acceptors (Lipinski definition) is 4. The Kier molecular flexibility index (Phi) is 2.40. The van der Waals surface area contributed by atoms with E-state index in [4.69, 9.17) is 0 Å². The number of hydrogen-bond donors (Lipinski definition) is 0. The highest BCUT2D eigenvalue weighted by molar-refractivity contribution is 5.52. The second-order valence-corrected chi connectivity index (χ2v) is 3.40. The van der Waals surface area contributed by atoms with Crippen LogP contribution in [0.3, 0.4) is 0 Å². The second-order valence-electron chi connectivity index (χ2n) is 3.40. The van der Waals surface area contributed by atoms with Crippen molar-refractivity contribution in [2.45, 2.75) is 13.8 Å². The van der Waals surface area contributed by atoms with Crippen LogP contribution in [-0.2, 0) is 0 Å². The molecule has 0 atom stereocenters. The summed E-state index contributed by atoms with van der Waals surface area (Å²) in [5.74, 6) is 0.973. The Balaban J connectivity index is 2.70. The van der Waals surface area contributed by atoms with Gasteiger partial charge in [0, 0.05) is 24.2 Å². The summed E-state index contributed by atoms with van der Waals surface area (Å²) in [6.45, 7) is 3.46. The van der Waals surface area contributed by atoms with E-state index < -0.39 is 4.92 Å². The smallest absolute Gasteiger partial charge is 0.282 e. The van der Waals surface area contributed by atoms with E-state index in [1.54, 1.807) is 43.1 Å². The molecule has 16 heavy (non-hydrogen) atoms. The standard InChI is InChI=1S/C10H10N4O2/c1-7-3-4-12-10(9(7)14(15)16)13-6-5-11-8(13)2/h3-6H,1-2H3. The number of pyridine rings is 1. The maximum Gasteiger partial charge on any atom is 0.315 e. The van der Waals surface area contributed by atoms with Crippen molar-refractivity contribution in [2.24, 2.45) is 0 Å². The van der Waals surface area contributed by atoms with Gasteiger partial charge in [-0.3, -0.25) is 14.7 Å². The molecule has 2 rings (SSSR count). The van der Waals surface area contributed by atoms with Gasteiger partial charge in [0.1, 0.15) is 5.82 Å². The largest absolute Gasteiger partial charge is 0.315 e. The first kappa shape index (κ1) is 10.3. The minimum Gasteiger partial charge on any atom is -0.282 e. The fourth-order valence-corrected chi connectivity index (χ4v) is 1.54. The minimum atomic E-state index is -0.420. The first-order valence-corrected chi connectivity index (χ1v) is 4.71. The van der Waals surface area contributed by atoms with E-state index in [1.807, 2.05) is 0 Å². The van der Waals surface area contributed by atoms with Crippen LogP contribution in [-0.4, -0.2) is 19.5 Å². The lowest BCUT2D eigenvalue weighted by atomic mass is 10.2. The molecule has 2 heterocycles. The van der Waals surface area contributed by atoms with Crippen molar-refractivity contribution in [3.63, 3.8) is 0 Å². The van der Waals surface area contributed by atoms with E-state index in [9.17, 15) is 10.1 Å². The van der Waals surface area contributed by atoms with Gasteiger partial charge < -0.3 is 0 Å². The number of rotatable bonds is 2. The van der Waals surface area contributed by atoms with Gasteiger partial charge in [0.15, 0.2) is 0 Å². The van der Waals surface area contributed by atoms with Crippen LogP contribution >= 0.6 is 0 Å². The normalized spacial score (nSPS) is 10.4. The van der Waals surface area contributed by atoms with E-state index in [0.29, 0.717) is 17.2 Å². The van der Waals surface area contributed by atoms with Gasteiger partial charge in [-0.15, -0.1) is 0 Å². The van der Waals surface area contributed by atoms with Crippen LogP contribution in [0.25, 0.3) is 5.82 Å². The van der Waals surface area contributed by atoms with E-state index in [1.165, 1.54) is 0 Å². The second kappa shape index (κ2) is 3.73. The fraction of sp³-hybridized carbons (Fsp3) is 0.200. The number of imidazole rings is 1. The average Bonchev–Trinajstić information content (AvgIpc) is 2.63. The van der Waals surface area contributed by atoms with Crippen molar-refractivity contribution >= 4 is 5.69 Å². The molecule has 0 saturated heterocycles. The molecule has 2 aromatic heterocycles. The third-order valence-corrected chi connectivity index (χ3v) is 2.34. The van der Waals surface area contributed by atoms with Crippen molar-refractivity contribution in [3.05, 3.63) is 46.2 Å². The van der Waals surface area contributed by atoms with Crippen LogP contribution in [0.2, 0.25) is 0 Å². The van der Waals surface area contributed by atoms with Crippen molar-refractivity contribution in [1.29, 1.82) is 0 Å². The van der Waals surface area contributed by atoms with Crippen LogP contribution in [0.1, 0.15) is 11.4 Å². The topological polar surface area (TPSA) is 73.8 Å². The summed E-state index contributed by atoms with van der Waals surface area (Å²) in [6, 6.07) is 1.62. The summed E-state index contributed by atoms with van der Waals surface area (Å²) in [5, 5.41) is 11.0. The highest BCUT2D eigenvalue weighted by Crippen LogP contribution is 2.24. The number of nitro groups is 1. The minimum absolute atomic E-state index is 0.0172. The lowest BCUT2D eigenvalue weighted by Gasteiger charge is -2.05. The molecule has 0 aliphatic rings. The predicted molar refractivity (Wildman–Crippen MR) is 57.5 cm³/mol. The van der Waals surface area contributed by atoms with Crippen molar-refractivity contribution in [2.75, 3.05) is 0 Å². The van der Waals surface area contributed by atoms with Gasteiger partial charge in [0.2, 0.25) is 5.82 Å². The van der Waals surface area contributed by atoms with Gasteiger partial charge in [0.05, 0.1) is 4.92 Å². The molecule has 0 aliphatic heterocycles. The maximum atomic E-state index is 11.0. The molecule has 0 aliphatic carbocycles. The molecule has 0 radical (unpaired) electrons. The zero-order chi connectivity index (χ0) is 11.7. The zero-order valence-electron chi connectivity index (χ0n) is 8.91. The molecular weight excluding hydrogens is 208 g/mol. The highest BCUT2D eigenvalue weighted by Gasteiger charge is 2.20. The Hall–Kier alpha value is -2.24. The third-order valence-electron chi connectivity index (χ3n) is 2.34. The Morgan fingerprint density at radius 2 is 2.06 bits per heavy atom. The van der Waals surface area contributed by atoms with Gasteiger partial charge >= 0.3 is 5.69 Å². The summed E-state index contributed by atoms with van der Waals surface area (Å²) < 4.78 is 1.60. The first-order chi connectivity index (χ1) is 7.61. The molecule has 2 aromatic rings. The Labute approximate surface area is 91.7 Å². The molecule has 6 nitrogen and oxygen atoms in total. The summed E-state index contributed by atoms with van der Waals surface area (Å²) >= 11 is 0. The van der Waals surface area contributed by atoms with E-state index in [2.05, 4.69) is 9.97 Å². The van der Waals surface area contributed by atoms with Gasteiger partial charge in [-0.2, -0.15) is 0 Å². The quantitative estimate of drug-likeness (QED) is 0.569. The van der Waals surface area contributed by atoms with Gasteiger partial charge in [-0.1, -0.05) is 0 Å². The Bertz CT molecular complexity index is 548. The summed E-state index contributed by atoms with van der Waals surface area (Å²) in [6.07, 6.45) is 4.80. The lowest BCUT2D eigenvalue weighted by Crippen LogP contribution is -2.05. The summed E-state index contributed by atoms with van der Waals surface area (Å²) in [7, 11) is 0. The number of aromatic nitrogens is 3. The highest BCUT2D eigenvalue weighted by atomic mass is 16.6. The fourth-order valence-electron chi connectivity index (χ4n) is 1.54. The molecular formula is C10H10N4O2. The van der Waals surface area contributed by atoms with Gasteiger partial charge in [0.25, 0.3) is 0 Å². The SMILES string of the molecule is Cc1ccnc(-n2ccnc2C)c1[N+](=O)[O-]. The molecule has 0 bridgehead atoms. The summed E-state index contributed by atoms with van der Waals surface area (Å²) in [4.78, 5) is 18.6. The van der Waals surface area contributed by atoms with Crippen LogP contribution in [0.5, 0.6) is 0 Å². The molecule has 0 aromatic carbocycles. The lowest BCUT2D eigenvalue weighted by molar-refractivity contribution is -0.385. The van der Waals surface area contributed by atoms with Gasteiger partial charge in [-0.25, -0.2) is 9.97 Å². The Morgan fingerprint density at radius 1 is 1.31 bits per heavy atom. The molecule has 82 valence electrons. The van der Waals surface area contributed by atoms with Crippen LogP contribution < -0.4 is 0 Å². The molecule has 0 spiro atoms. The number of aryl methyl sites for hydroxylation is 2. The van der Waals surface area contributed by atoms with Crippen molar-refractivity contribution in [3.8, 4) is 5.82 Å². The number of nitrogens with zero attached hydrogens (tertiary/aromatic N) is 4. The molecule has 0 N–H and O–H groups in total. The first-order valence-electron chi connectivity index (χ1n) is 4.71. The third kappa shape index (κ3) is 1.54. The maximum absolute atomic E-state index is 11.0. The Morgan fingerprint density at radius 3 is 2.62 bits per heavy atom. The predicted octanol–water partition coefficient (Wildman–Crippen LogP) is 1.79. The molecule has 0 fully saturated rings. The van der Waals surface area contributed by atoms with E-state index in [-0.39, 0.29) is 5.69 Å². The van der Waals surface area contributed by atoms with Crippen molar-refractivity contribution in [1.82, 2.24) is 14.5 Å².